The van der Waals surface area contributed by atoms with E-state index in [9.17, 15) is 13.2 Å². The van der Waals surface area contributed by atoms with Crippen molar-refractivity contribution in [2.75, 3.05) is 6.61 Å². The first-order chi connectivity index (χ1) is 6.54. The third kappa shape index (κ3) is 3.24. The maximum absolute atomic E-state index is 12.1. The molecule has 0 bridgehead atoms. The van der Waals surface area contributed by atoms with Crippen molar-refractivity contribution in [2.45, 2.75) is 11.5 Å². The summed E-state index contributed by atoms with van der Waals surface area (Å²) < 4.78 is 41.5. The molecule has 0 radical (unpaired) electrons. The molecule has 0 aliphatic carbocycles. The SMILES string of the molecule is FC(F)(F)c1ccc(OCC[SeH])cc1. The molecule has 1 rings (SSSR count). The van der Waals surface area contributed by atoms with E-state index in [-0.39, 0.29) is 0 Å². The van der Waals surface area contributed by atoms with Crippen LogP contribution in [0.3, 0.4) is 0 Å². The minimum absolute atomic E-state index is 0.462. The Morgan fingerprint density at radius 1 is 1.14 bits per heavy atom. The van der Waals surface area contributed by atoms with Gasteiger partial charge in [0.25, 0.3) is 0 Å². The monoisotopic (exact) mass is 270 g/mol. The van der Waals surface area contributed by atoms with Crippen molar-refractivity contribution >= 4 is 16.0 Å². The van der Waals surface area contributed by atoms with E-state index in [0.717, 1.165) is 17.5 Å². The fourth-order valence-corrected chi connectivity index (χ4v) is 1.10. The summed E-state index contributed by atoms with van der Waals surface area (Å²) in [4.78, 5) is 0. The van der Waals surface area contributed by atoms with Crippen molar-refractivity contribution < 1.29 is 17.9 Å². The van der Waals surface area contributed by atoms with Gasteiger partial charge in [-0.15, -0.1) is 0 Å². The van der Waals surface area contributed by atoms with Crippen LogP contribution in [0.5, 0.6) is 5.75 Å². The Labute approximate surface area is 88.1 Å². The molecule has 0 aliphatic heterocycles. The summed E-state index contributed by atoms with van der Waals surface area (Å²) >= 11 is 2.34. The van der Waals surface area contributed by atoms with Crippen molar-refractivity contribution in [3.8, 4) is 5.75 Å². The van der Waals surface area contributed by atoms with Crippen molar-refractivity contribution in [1.82, 2.24) is 0 Å². The van der Waals surface area contributed by atoms with Gasteiger partial charge in [0.2, 0.25) is 0 Å². The topological polar surface area (TPSA) is 9.23 Å². The molecule has 0 spiro atoms. The Balaban J connectivity index is 2.69. The Kier molecular flexibility index (Phi) is 3.84. The minimum atomic E-state index is -4.28. The fourth-order valence-electron chi connectivity index (χ4n) is 0.904. The first-order valence-electron chi connectivity index (χ1n) is 3.95. The first kappa shape index (κ1) is 11.4. The van der Waals surface area contributed by atoms with E-state index >= 15 is 0 Å². The van der Waals surface area contributed by atoms with Crippen LogP contribution in [0.1, 0.15) is 5.56 Å². The van der Waals surface area contributed by atoms with E-state index in [1.165, 1.54) is 12.1 Å². The van der Waals surface area contributed by atoms with Gasteiger partial charge in [-0.25, -0.2) is 0 Å². The summed E-state index contributed by atoms with van der Waals surface area (Å²) in [6, 6.07) is 4.68. The predicted octanol–water partition coefficient (Wildman–Crippen LogP) is 2.40. The van der Waals surface area contributed by atoms with E-state index in [1.54, 1.807) is 0 Å². The summed E-state index contributed by atoms with van der Waals surface area (Å²) in [7, 11) is 0. The van der Waals surface area contributed by atoms with Gasteiger partial charge in [0.1, 0.15) is 0 Å². The van der Waals surface area contributed by atoms with Crippen LogP contribution in [0.25, 0.3) is 0 Å². The van der Waals surface area contributed by atoms with Crippen LogP contribution in [0.15, 0.2) is 24.3 Å². The van der Waals surface area contributed by atoms with Gasteiger partial charge >= 0.3 is 87.6 Å². The fraction of sp³-hybridized carbons (Fsp3) is 0.333. The molecule has 1 aromatic rings. The van der Waals surface area contributed by atoms with E-state index in [1.807, 2.05) is 0 Å². The maximum atomic E-state index is 12.1. The van der Waals surface area contributed by atoms with Gasteiger partial charge in [-0.3, -0.25) is 0 Å². The summed E-state index contributed by atoms with van der Waals surface area (Å²) in [5.41, 5.74) is -0.655. The van der Waals surface area contributed by atoms with Crippen molar-refractivity contribution in [3.63, 3.8) is 0 Å². The summed E-state index contributed by atoms with van der Waals surface area (Å²) in [6.45, 7) is 0.491. The Morgan fingerprint density at radius 2 is 1.71 bits per heavy atom. The van der Waals surface area contributed by atoms with Crippen molar-refractivity contribution in [1.29, 1.82) is 0 Å². The third-order valence-electron chi connectivity index (χ3n) is 1.54. The normalized spacial score (nSPS) is 11.4. The van der Waals surface area contributed by atoms with Gasteiger partial charge in [-0.05, 0) is 0 Å². The molecule has 0 amide bonds. The number of benzene rings is 1. The number of rotatable bonds is 3. The molecule has 0 atom stereocenters. The Hall–Kier alpha value is -0.671. The van der Waals surface area contributed by atoms with Crippen LogP contribution in [0.4, 0.5) is 13.2 Å². The average Bonchev–Trinajstić information content (AvgIpc) is 2.14. The molecule has 0 unspecified atom stereocenters. The van der Waals surface area contributed by atoms with E-state index in [4.69, 9.17) is 4.74 Å². The molecule has 1 nitrogen and oxygen atoms in total. The number of hydrogen-bond acceptors (Lipinski definition) is 1. The average molecular weight is 269 g/mol. The van der Waals surface area contributed by atoms with Crippen molar-refractivity contribution in [3.05, 3.63) is 29.8 Å². The van der Waals surface area contributed by atoms with Crippen molar-refractivity contribution in [2.24, 2.45) is 0 Å². The van der Waals surface area contributed by atoms with Crippen LogP contribution >= 0.6 is 0 Å². The molecule has 0 N–H and O–H groups in total. The zero-order valence-electron chi connectivity index (χ0n) is 7.21. The zero-order chi connectivity index (χ0) is 10.6. The van der Waals surface area contributed by atoms with E-state index in [0.29, 0.717) is 12.4 Å². The molecule has 78 valence electrons. The van der Waals surface area contributed by atoms with Crippen LogP contribution < -0.4 is 4.74 Å². The van der Waals surface area contributed by atoms with Crippen LogP contribution in [-0.2, 0) is 6.18 Å². The van der Waals surface area contributed by atoms with Gasteiger partial charge in [-0.2, -0.15) is 0 Å². The molecule has 0 heterocycles. The molecule has 0 saturated heterocycles. The van der Waals surface area contributed by atoms with Crippen LogP contribution in [0, 0.1) is 0 Å². The molecule has 1 aromatic carbocycles. The summed E-state index contributed by atoms with van der Waals surface area (Å²) in [5, 5.41) is 0.772. The van der Waals surface area contributed by atoms with Crippen LogP contribution in [-0.4, -0.2) is 22.6 Å². The first-order valence-corrected chi connectivity index (χ1v) is 5.27. The molecule has 0 fully saturated rings. The summed E-state index contributed by atoms with van der Waals surface area (Å²) in [5.74, 6) is 0.462. The van der Waals surface area contributed by atoms with Gasteiger partial charge in [0.15, 0.2) is 0 Å². The quantitative estimate of drug-likeness (QED) is 0.766. The van der Waals surface area contributed by atoms with Gasteiger partial charge < -0.3 is 0 Å². The zero-order valence-corrected chi connectivity index (χ0v) is 9.09. The molecular weight excluding hydrogens is 260 g/mol. The molecule has 0 saturated carbocycles. The van der Waals surface area contributed by atoms with E-state index < -0.39 is 11.7 Å². The van der Waals surface area contributed by atoms with Gasteiger partial charge in [-0.1, -0.05) is 0 Å². The molecular formula is C9H9F3OSe. The second-order valence-electron chi connectivity index (χ2n) is 2.59. The third-order valence-corrected chi connectivity index (χ3v) is 1.92. The second kappa shape index (κ2) is 4.71. The Morgan fingerprint density at radius 3 is 2.14 bits per heavy atom. The van der Waals surface area contributed by atoms with Gasteiger partial charge in [0, 0.05) is 0 Å². The van der Waals surface area contributed by atoms with Crippen LogP contribution in [0.2, 0.25) is 5.32 Å². The summed E-state index contributed by atoms with van der Waals surface area (Å²) in [6.07, 6.45) is -4.28. The Bertz CT molecular complexity index is 281. The standard InChI is InChI=1S/C9H9F3OSe/c10-9(11,12)7-1-3-8(4-2-7)13-5-6-14/h1-4,14H,5-6H2. The predicted molar refractivity (Wildman–Crippen MR) is 48.9 cm³/mol. The molecule has 0 aromatic heterocycles. The number of alkyl halides is 3. The van der Waals surface area contributed by atoms with Gasteiger partial charge in [0.05, 0.1) is 0 Å². The number of halogens is 3. The molecule has 5 heteroatoms. The number of ether oxygens (including phenoxy) is 1. The van der Waals surface area contributed by atoms with E-state index in [2.05, 4.69) is 16.0 Å². The molecule has 14 heavy (non-hydrogen) atoms. The second-order valence-corrected chi connectivity index (χ2v) is 3.53. The number of hydrogen-bond donors (Lipinski definition) is 0. The molecule has 0 aliphatic rings.